The van der Waals surface area contributed by atoms with Crippen molar-refractivity contribution in [2.45, 2.75) is 19.3 Å². The molecule has 0 fully saturated rings. The highest BCUT2D eigenvalue weighted by molar-refractivity contribution is 9.10. The number of alkyl halides is 4. The van der Waals surface area contributed by atoms with Gasteiger partial charge in [0.25, 0.3) is 0 Å². The van der Waals surface area contributed by atoms with Crippen molar-refractivity contribution in [2.75, 3.05) is 52.9 Å². The van der Waals surface area contributed by atoms with E-state index in [1.807, 2.05) is 0 Å². The fourth-order valence-corrected chi connectivity index (χ4v) is 3.03. The summed E-state index contributed by atoms with van der Waals surface area (Å²) < 4.78 is 22.5. The molecule has 16 heteroatoms. The van der Waals surface area contributed by atoms with Gasteiger partial charge in [0.1, 0.15) is 19.3 Å². The summed E-state index contributed by atoms with van der Waals surface area (Å²) in [5, 5.41) is -2.56. The second-order valence-electron chi connectivity index (χ2n) is 6.65. The van der Waals surface area contributed by atoms with Crippen molar-refractivity contribution in [3.8, 4) is 0 Å². The van der Waals surface area contributed by atoms with Gasteiger partial charge in [-0.2, -0.15) is 0 Å². The predicted octanol–water partition coefficient (Wildman–Crippen LogP) is 4.15. The average Bonchev–Trinajstić information content (AvgIpc) is 2.72. The Bertz CT molecular complexity index is 551. The average molecular weight is 814 g/mol. The minimum atomic E-state index is -0.992. The van der Waals surface area contributed by atoms with Crippen LogP contribution in [0.25, 0.3) is 0 Å². The minimum Gasteiger partial charge on any atom is -0.379 e. The van der Waals surface area contributed by atoms with Crippen molar-refractivity contribution in [1.82, 2.24) is 0 Å². The summed E-state index contributed by atoms with van der Waals surface area (Å²) in [4.78, 5) is 42.0. The Morgan fingerprint density at radius 2 is 0.697 bits per heavy atom. The van der Waals surface area contributed by atoms with Gasteiger partial charge in [-0.25, -0.2) is 0 Å². The van der Waals surface area contributed by atoms with Crippen LogP contribution in [0, 0.1) is 5.41 Å². The van der Waals surface area contributed by atoms with Gasteiger partial charge in [-0.15, -0.1) is 0 Å². The van der Waals surface area contributed by atoms with Crippen molar-refractivity contribution in [3.63, 3.8) is 0 Å². The van der Waals surface area contributed by atoms with Crippen LogP contribution in [-0.4, -0.2) is 93.1 Å². The normalized spacial score (nSPS) is 17.0. The zero-order chi connectivity index (χ0) is 25.6. The fraction of sp³-hybridized carbons (Fsp3) is 0.765. The van der Waals surface area contributed by atoms with Crippen molar-refractivity contribution in [1.29, 1.82) is 0 Å². The van der Waals surface area contributed by atoms with E-state index < -0.39 is 45.7 Å². The number of carbonyl (C=O) groups is 4. The van der Waals surface area contributed by atoms with Crippen molar-refractivity contribution in [2.24, 2.45) is 5.41 Å². The van der Waals surface area contributed by atoms with Crippen LogP contribution < -0.4 is 0 Å². The SMILES string of the molecule is O=C(Cl)C(Br)COCC(COCC(Br)C(=O)Cl)(COCC(Br)C(=O)Cl)COCC(Br)C(=O)Cl. The Kier molecular flexibility index (Phi) is 19.7. The van der Waals surface area contributed by atoms with Gasteiger partial charge in [0, 0.05) is 0 Å². The van der Waals surface area contributed by atoms with E-state index in [1.54, 1.807) is 0 Å². The third-order valence-electron chi connectivity index (χ3n) is 3.67. The van der Waals surface area contributed by atoms with Crippen LogP contribution in [0.2, 0.25) is 0 Å². The van der Waals surface area contributed by atoms with E-state index in [1.165, 1.54) is 0 Å². The minimum absolute atomic E-state index is 0.0371. The molecule has 0 rings (SSSR count). The molecule has 0 aliphatic heterocycles. The molecule has 0 bridgehead atoms. The van der Waals surface area contributed by atoms with Gasteiger partial charge < -0.3 is 18.9 Å². The van der Waals surface area contributed by atoms with Gasteiger partial charge in [0.2, 0.25) is 21.0 Å². The maximum Gasteiger partial charge on any atom is 0.237 e. The zero-order valence-electron chi connectivity index (χ0n) is 16.8. The first-order valence-corrected chi connectivity index (χ1v) is 14.1. The molecule has 0 aliphatic carbocycles. The molecule has 0 saturated heterocycles. The van der Waals surface area contributed by atoms with Crippen LogP contribution in [-0.2, 0) is 38.1 Å². The zero-order valence-corrected chi connectivity index (χ0v) is 26.1. The predicted molar refractivity (Wildman–Crippen MR) is 140 cm³/mol. The highest BCUT2D eigenvalue weighted by Crippen LogP contribution is 2.23. The Morgan fingerprint density at radius 1 is 0.515 bits per heavy atom. The summed E-state index contributed by atoms with van der Waals surface area (Å²) in [5.41, 5.74) is -0.992. The third-order valence-corrected chi connectivity index (χ3v) is 8.50. The molecule has 0 N–H and O–H groups in total. The first-order chi connectivity index (χ1) is 15.3. The number of carbonyl (C=O) groups excluding carboxylic acids is 4. The fourth-order valence-electron chi connectivity index (χ4n) is 2.03. The van der Waals surface area contributed by atoms with Gasteiger partial charge >= 0.3 is 0 Å². The lowest BCUT2D eigenvalue weighted by atomic mass is 9.92. The van der Waals surface area contributed by atoms with Crippen molar-refractivity contribution in [3.05, 3.63) is 0 Å². The molecule has 0 saturated carbocycles. The van der Waals surface area contributed by atoms with E-state index in [4.69, 9.17) is 65.4 Å². The summed E-state index contributed by atoms with van der Waals surface area (Å²) >= 11 is 34.1. The molecule has 0 aliphatic rings. The molecular weight excluding hydrogens is 794 g/mol. The van der Waals surface area contributed by atoms with Gasteiger partial charge in [0.15, 0.2) is 0 Å². The van der Waals surface area contributed by atoms with E-state index in [9.17, 15) is 19.2 Å². The van der Waals surface area contributed by atoms with Crippen LogP contribution >= 0.6 is 110 Å². The molecule has 0 radical (unpaired) electrons. The van der Waals surface area contributed by atoms with Gasteiger partial charge in [-0.05, 0) is 46.4 Å². The van der Waals surface area contributed by atoms with E-state index in [0.717, 1.165) is 0 Å². The first kappa shape index (κ1) is 34.6. The monoisotopic (exact) mass is 808 g/mol. The number of rotatable bonds is 20. The van der Waals surface area contributed by atoms with Gasteiger partial charge in [0.05, 0.1) is 58.3 Å². The number of hydrogen-bond acceptors (Lipinski definition) is 8. The molecule has 192 valence electrons. The Morgan fingerprint density at radius 3 is 0.848 bits per heavy atom. The molecule has 4 atom stereocenters. The Balaban J connectivity index is 5.41. The maximum atomic E-state index is 11.2. The molecule has 0 spiro atoms. The lowest BCUT2D eigenvalue weighted by Gasteiger charge is -2.33. The van der Waals surface area contributed by atoms with E-state index >= 15 is 0 Å². The summed E-state index contributed by atoms with van der Waals surface area (Å²) in [6, 6.07) is 0. The quantitative estimate of drug-likeness (QED) is 0.134. The first-order valence-electron chi connectivity index (χ1n) is 8.96. The van der Waals surface area contributed by atoms with Crippen LogP contribution in [0.3, 0.4) is 0 Å². The van der Waals surface area contributed by atoms with Gasteiger partial charge in [-0.3, -0.25) is 19.2 Å². The molecule has 8 nitrogen and oxygen atoms in total. The summed E-state index contributed by atoms with van der Waals surface area (Å²) in [6.07, 6.45) is 0. The lowest BCUT2D eigenvalue weighted by Crippen LogP contribution is -2.44. The highest BCUT2D eigenvalue weighted by Gasteiger charge is 2.34. The van der Waals surface area contributed by atoms with Crippen LogP contribution in [0.1, 0.15) is 0 Å². The maximum absolute atomic E-state index is 11.2. The lowest BCUT2D eigenvalue weighted by molar-refractivity contribution is -0.120. The molecule has 0 heterocycles. The topological polar surface area (TPSA) is 105 Å². The van der Waals surface area contributed by atoms with Crippen LogP contribution in [0.4, 0.5) is 0 Å². The van der Waals surface area contributed by atoms with Crippen LogP contribution in [0.5, 0.6) is 0 Å². The number of hydrogen-bond donors (Lipinski definition) is 0. The molecule has 0 aromatic heterocycles. The molecule has 0 amide bonds. The second kappa shape index (κ2) is 18.8. The Hall–Kier alpha value is 1.60. The van der Waals surface area contributed by atoms with E-state index in [-0.39, 0.29) is 52.9 Å². The van der Waals surface area contributed by atoms with E-state index in [2.05, 4.69) is 63.7 Å². The summed E-state index contributed by atoms with van der Waals surface area (Å²) in [6.45, 7) is -0.395. The third kappa shape index (κ3) is 16.1. The Labute approximate surface area is 244 Å². The van der Waals surface area contributed by atoms with Gasteiger partial charge in [-0.1, -0.05) is 63.7 Å². The van der Waals surface area contributed by atoms with Crippen molar-refractivity contribution >= 4 is 131 Å². The molecule has 0 aromatic rings. The largest absolute Gasteiger partial charge is 0.379 e. The summed E-state index contributed by atoms with van der Waals surface area (Å²) in [5.74, 6) is 0. The smallest absolute Gasteiger partial charge is 0.237 e. The van der Waals surface area contributed by atoms with Crippen LogP contribution in [0.15, 0.2) is 0 Å². The second-order valence-corrected chi connectivity index (χ2v) is 12.6. The standard InChI is InChI=1S/C17H20Br4Cl4O8/c18-9(13(22)26)1-30-5-17(6-31-2-10(19)14(23)27,7-32-3-11(20)15(24)28)8-33-4-12(21)16(25)29/h9-12H,1-8H2. The number of halogens is 8. The van der Waals surface area contributed by atoms with E-state index in [0.29, 0.717) is 0 Å². The number of ether oxygens (including phenoxy) is 4. The highest BCUT2D eigenvalue weighted by atomic mass is 79.9. The molecule has 33 heavy (non-hydrogen) atoms. The van der Waals surface area contributed by atoms with Crippen molar-refractivity contribution < 1.29 is 38.1 Å². The molecule has 0 aromatic carbocycles. The molecular formula is C17H20Br4Cl4O8. The summed E-state index contributed by atoms with van der Waals surface area (Å²) in [7, 11) is 0. The molecule has 4 unspecified atom stereocenters.